The Morgan fingerprint density at radius 1 is 1.20 bits per heavy atom. The summed E-state index contributed by atoms with van der Waals surface area (Å²) in [5.74, 6) is 1.69. The summed E-state index contributed by atoms with van der Waals surface area (Å²) in [4.78, 5) is 8.48. The van der Waals surface area contributed by atoms with Crippen LogP contribution in [0.1, 0.15) is 30.4 Å². The minimum absolute atomic E-state index is 0.662. The first-order valence-electron chi connectivity index (χ1n) is 6.95. The third-order valence-electron chi connectivity index (χ3n) is 2.89. The predicted molar refractivity (Wildman–Crippen MR) is 81.1 cm³/mol. The largest absolute Gasteiger partial charge is 0.491 e. The summed E-state index contributed by atoms with van der Waals surface area (Å²) in [5, 5.41) is 3.38. The molecule has 0 atom stereocenters. The first kappa shape index (κ1) is 14.3. The highest BCUT2D eigenvalue weighted by molar-refractivity contribution is 5.57. The number of rotatable bonds is 6. The van der Waals surface area contributed by atoms with E-state index in [1.165, 1.54) is 5.56 Å². The van der Waals surface area contributed by atoms with Gasteiger partial charge in [0.1, 0.15) is 11.6 Å². The molecule has 1 aromatic heterocycles. The summed E-state index contributed by atoms with van der Waals surface area (Å²) >= 11 is 0. The zero-order valence-corrected chi connectivity index (χ0v) is 12.3. The van der Waals surface area contributed by atoms with Gasteiger partial charge in [0.05, 0.1) is 24.5 Å². The van der Waals surface area contributed by atoms with Gasteiger partial charge in [-0.2, -0.15) is 0 Å². The smallest absolute Gasteiger partial charge is 0.142 e. The number of aromatic nitrogens is 2. The van der Waals surface area contributed by atoms with Gasteiger partial charge in [0.2, 0.25) is 0 Å². The van der Waals surface area contributed by atoms with Crippen LogP contribution in [-0.4, -0.2) is 16.6 Å². The molecule has 0 bridgehead atoms. The Bertz CT molecular complexity index is 569. The first-order chi connectivity index (χ1) is 9.69. The minimum Gasteiger partial charge on any atom is -0.491 e. The van der Waals surface area contributed by atoms with E-state index in [2.05, 4.69) is 41.3 Å². The van der Waals surface area contributed by atoms with Crippen LogP contribution in [0.15, 0.2) is 30.5 Å². The van der Waals surface area contributed by atoms with E-state index in [-0.39, 0.29) is 0 Å². The first-order valence-corrected chi connectivity index (χ1v) is 6.95. The van der Waals surface area contributed by atoms with Gasteiger partial charge in [0.25, 0.3) is 0 Å². The lowest BCUT2D eigenvalue weighted by Gasteiger charge is -2.13. The lowest BCUT2D eigenvalue weighted by atomic mass is 10.2. The molecule has 0 aliphatic rings. The summed E-state index contributed by atoms with van der Waals surface area (Å²) in [6.45, 7) is 7.45. The van der Waals surface area contributed by atoms with Crippen LogP contribution in [0.3, 0.4) is 0 Å². The quantitative estimate of drug-likeness (QED) is 0.873. The minimum atomic E-state index is 0.662. The van der Waals surface area contributed by atoms with Crippen LogP contribution in [-0.2, 0) is 6.54 Å². The van der Waals surface area contributed by atoms with E-state index in [1.54, 1.807) is 6.20 Å². The fourth-order valence-corrected chi connectivity index (χ4v) is 1.90. The predicted octanol–water partition coefficient (Wildman–Crippen LogP) is 3.49. The molecule has 0 saturated carbocycles. The van der Waals surface area contributed by atoms with E-state index in [9.17, 15) is 0 Å². The number of hydrogen-bond acceptors (Lipinski definition) is 4. The lowest BCUT2D eigenvalue weighted by Crippen LogP contribution is -2.06. The number of hydrogen-bond donors (Lipinski definition) is 1. The summed E-state index contributed by atoms with van der Waals surface area (Å²) < 4.78 is 5.78. The Morgan fingerprint density at radius 2 is 2.05 bits per heavy atom. The summed E-state index contributed by atoms with van der Waals surface area (Å²) in [6, 6.07) is 8.10. The molecule has 1 N–H and O–H groups in total. The molecule has 0 radical (unpaired) electrons. The van der Waals surface area contributed by atoms with Crippen LogP contribution in [0.4, 0.5) is 5.69 Å². The number of anilines is 1. The molecule has 4 heteroatoms. The Labute approximate surface area is 120 Å². The van der Waals surface area contributed by atoms with Crippen LogP contribution < -0.4 is 10.1 Å². The van der Waals surface area contributed by atoms with E-state index < -0.39 is 0 Å². The molecule has 2 aromatic rings. The molecule has 0 aliphatic carbocycles. The molecular weight excluding hydrogens is 250 g/mol. The molecule has 106 valence electrons. The number of ether oxygens (including phenoxy) is 1. The highest BCUT2D eigenvalue weighted by Gasteiger charge is 2.04. The maximum atomic E-state index is 5.78. The van der Waals surface area contributed by atoms with Crippen LogP contribution in [0.2, 0.25) is 0 Å². The van der Waals surface area contributed by atoms with Crippen molar-refractivity contribution in [3.05, 3.63) is 47.5 Å². The zero-order chi connectivity index (χ0) is 14.4. The van der Waals surface area contributed by atoms with Gasteiger partial charge < -0.3 is 10.1 Å². The summed E-state index contributed by atoms with van der Waals surface area (Å²) in [6.07, 6.45) is 2.78. The maximum absolute atomic E-state index is 5.78. The van der Waals surface area contributed by atoms with Crippen molar-refractivity contribution in [3.63, 3.8) is 0 Å². The highest BCUT2D eigenvalue weighted by atomic mass is 16.5. The van der Waals surface area contributed by atoms with Crippen molar-refractivity contribution in [1.82, 2.24) is 9.97 Å². The standard InChI is InChI=1S/C16H21N3O/c1-4-9-20-16-10-12(2)5-6-15(16)18-11-14-7-8-17-13(3)19-14/h5-8,10,18H,4,9,11H2,1-3H3. The molecule has 1 aromatic carbocycles. The normalized spacial score (nSPS) is 10.3. The molecule has 4 nitrogen and oxygen atoms in total. The molecule has 0 saturated heterocycles. The fourth-order valence-electron chi connectivity index (χ4n) is 1.90. The number of nitrogens with zero attached hydrogens (tertiary/aromatic N) is 2. The van der Waals surface area contributed by atoms with Crippen molar-refractivity contribution >= 4 is 5.69 Å². The van der Waals surface area contributed by atoms with Gasteiger partial charge >= 0.3 is 0 Å². The van der Waals surface area contributed by atoms with Gasteiger partial charge in [0, 0.05) is 6.20 Å². The molecule has 0 fully saturated rings. The molecule has 20 heavy (non-hydrogen) atoms. The van der Waals surface area contributed by atoms with Crippen LogP contribution in [0.25, 0.3) is 0 Å². The van der Waals surface area contributed by atoms with E-state index in [0.717, 1.165) is 36.0 Å². The van der Waals surface area contributed by atoms with Crippen LogP contribution in [0.5, 0.6) is 5.75 Å². The molecule has 2 rings (SSSR count). The van der Waals surface area contributed by atoms with Crippen molar-refractivity contribution < 1.29 is 4.74 Å². The van der Waals surface area contributed by atoms with E-state index >= 15 is 0 Å². The average Bonchev–Trinajstić information content (AvgIpc) is 2.44. The number of aryl methyl sites for hydroxylation is 2. The molecule has 0 aliphatic heterocycles. The molecule has 0 amide bonds. The lowest BCUT2D eigenvalue weighted by molar-refractivity contribution is 0.318. The SMILES string of the molecule is CCCOc1cc(C)ccc1NCc1ccnc(C)n1. The van der Waals surface area contributed by atoms with Crippen molar-refractivity contribution in [2.24, 2.45) is 0 Å². The third-order valence-corrected chi connectivity index (χ3v) is 2.89. The second kappa shape index (κ2) is 6.89. The van der Waals surface area contributed by atoms with Gasteiger partial charge in [-0.3, -0.25) is 0 Å². The summed E-state index contributed by atoms with van der Waals surface area (Å²) in [7, 11) is 0. The van der Waals surface area contributed by atoms with Crippen molar-refractivity contribution in [2.45, 2.75) is 33.7 Å². The Morgan fingerprint density at radius 3 is 2.80 bits per heavy atom. The van der Waals surface area contributed by atoms with E-state index in [1.807, 2.05) is 19.1 Å². The monoisotopic (exact) mass is 271 g/mol. The van der Waals surface area contributed by atoms with Crippen molar-refractivity contribution in [2.75, 3.05) is 11.9 Å². The second-order valence-electron chi connectivity index (χ2n) is 4.80. The van der Waals surface area contributed by atoms with Gasteiger partial charge in [0.15, 0.2) is 0 Å². The fraction of sp³-hybridized carbons (Fsp3) is 0.375. The molecule has 1 heterocycles. The molecular formula is C16H21N3O. The molecule has 0 unspecified atom stereocenters. The topological polar surface area (TPSA) is 47.0 Å². The number of nitrogens with one attached hydrogen (secondary N) is 1. The van der Waals surface area contributed by atoms with Crippen LogP contribution in [0, 0.1) is 13.8 Å². The van der Waals surface area contributed by atoms with Crippen molar-refractivity contribution in [1.29, 1.82) is 0 Å². The highest BCUT2D eigenvalue weighted by Crippen LogP contribution is 2.26. The Hall–Kier alpha value is -2.10. The maximum Gasteiger partial charge on any atom is 0.142 e. The average molecular weight is 271 g/mol. The van der Waals surface area contributed by atoms with Gasteiger partial charge in [-0.1, -0.05) is 13.0 Å². The molecule has 0 spiro atoms. The Kier molecular flexibility index (Phi) is 4.93. The third kappa shape index (κ3) is 3.95. The van der Waals surface area contributed by atoms with E-state index in [4.69, 9.17) is 4.74 Å². The Balaban J connectivity index is 2.08. The van der Waals surface area contributed by atoms with Crippen molar-refractivity contribution in [3.8, 4) is 5.75 Å². The summed E-state index contributed by atoms with van der Waals surface area (Å²) in [5.41, 5.74) is 3.17. The van der Waals surface area contributed by atoms with Gasteiger partial charge in [-0.25, -0.2) is 9.97 Å². The van der Waals surface area contributed by atoms with E-state index in [0.29, 0.717) is 6.54 Å². The van der Waals surface area contributed by atoms with Gasteiger partial charge in [-0.05, 0) is 44.0 Å². The zero-order valence-electron chi connectivity index (χ0n) is 12.3. The number of benzene rings is 1. The second-order valence-corrected chi connectivity index (χ2v) is 4.80. The van der Waals surface area contributed by atoms with Crippen LogP contribution >= 0.6 is 0 Å². The van der Waals surface area contributed by atoms with Gasteiger partial charge in [-0.15, -0.1) is 0 Å².